The Bertz CT molecular complexity index is 874. The van der Waals surface area contributed by atoms with Crippen LogP contribution in [0.25, 0.3) is 11.0 Å². The number of carbonyl (C=O) groups excluding carboxylic acids is 2. The van der Waals surface area contributed by atoms with Crippen LogP contribution < -0.4 is 0 Å². The van der Waals surface area contributed by atoms with Crippen LogP contribution in [0.2, 0.25) is 0 Å². The molecule has 0 radical (unpaired) electrons. The predicted molar refractivity (Wildman–Crippen MR) is 90.3 cm³/mol. The van der Waals surface area contributed by atoms with Crippen molar-refractivity contribution >= 4 is 34.3 Å². The summed E-state index contributed by atoms with van der Waals surface area (Å²) in [5.41, 5.74) is 1.66. The van der Waals surface area contributed by atoms with Crippen molar-refractivity contribution in [3.63, 3.8) is 0 Å². The molecule has 0 aliphatic carbocycles. The summed E-state index contributed by atoms with van der Waals surface area (Å²) in [5, 5.41) is 9.40. The van der Waals surface area contributed by atoms with E-state index in [4.69, 9.17) is 14.1 Å². The van der Waals surface area contributed by atoms with Crippen molar-refractivity contribution in [2.24, 2.45) is 0 Å². The molecule has 0 aliphatic heterocycles. The van der Waals surface area contributed by atoms with Gasteiger partial charge in [0, 0.05) is 4.88 Å². The average molecular weight is 360 g/mol. The molecule has 25 heavy (non-hydrogen) atoms. The summed E-state index contributed by atoms with van der Waals surface area (Å²) in [6.07, 6.45) is 0. The Hall–Kier alpha value is -2.74. The third kappa shape index (κ3) is 3.39. The number of benzene rings is 1. The van der Waals surface area contributed by atoms with Crippen molar-refractivity contribution in [1.82, 2.24) is 10.3 Å². The lowest BCUT2D eigenvalue weighted by Crippen LogP contribution is -2.28. The fourth-order valence-corrected chi connectivity index (χ4v) is 3.55. The van der Waals surface area contributed by atoms with Crippen molar-refractivity contribution in [2.75, 3.05) is 13.7 Å². The molecule has 0 saturated heterocycles. The van der Waals surface area contributed by atoms with E-state index in [-0.39, 0.29) is 6.61 Å². The number of hydrogen-bond donors (Lipinski definition) is 0. The maximum Gasteiger partial charge on any atom is 0.315 e. The summed E-state index contributed by atoms with van der Waals surface area (Å²) in [6.45, 7) is 1.93. The van der Waals surface area contributed by atoms with E-state index in [1.54, 1.807) is 31.2 Å². The highest BCUT2D eigenvalue weighted by molar-refractivity contribution is 7.10. The second-order valence-corrected chi connectivity index (χ2v) is 6.24. The minimum atomic E-state index is -0.854. The Labute approximate surface area is 147 Å². The van der Waals surface area contributed by atoms with Crippen LogP contribution in [-0.4, -0.2) is 36.0 Å². The van der Waals surface area contributed by atoms with E-state index in [1.807, 2.05) is 11.4 Å². The van der Waals surface area contributed by atoms with Crippen LogP contribution >= 0.6 is 11.3 Å². The van der Waals surface area contributed by atoms with Gasteiger partial charge >= 0.3 is 11.9 Å². The van der Waals surface area contributed by atoms with E-state index in [1.165, 1.54) is 18.4 Å². The molecule has 8 heteroatoms. The van der Waals surface area contributed by atoms with E-state index in [2.05, 4.69) is 10.3 Å². The number of thiophene rings is 1. The second-order valence-electron chi connectivity index (χ2n) is 5.26. The number of nitrogens with zero attached hydrogens (tertiary/aromatic N) is 2. The van der Waals surface area contributed by atoms with Crippen LogP contribution in [0.15, 0.2) is 40.3 Å². The standard InChI is InChI=1S/C17H16N2O5S/c1-3-23-17(21)14(10-6-7-11-12(9-10)19-24-18-11)15(16(20)22-2)13-5-4-8-25-13/h4-9,14-15H,3H2,1-2H3. The molecule has 7 nitrogen and oxygen atoms in total. The lowest BCUT2D eigenvalue weighted by Gasteiger charge is -2.23. The quantitative estimate of drug-likeness (QED) is 0.624. The molecule has 0 saturated carbocycles. The molecule has 2 aromatic heterocycles. The van der Waals surface area contributed by atoms with E-state index in [0.29, 0.717) is 16.6 Å². The Morgan fingerprint density at radius 2 is 1.96 bits per heavy atom. The zero-order valence-electron chi connectivity index (χ0n) is 13.7. The van der Waals surface area contributed by atoms with Gasteiger partial charge in [-0.2, -0.15) is 0 Å². The molecular formula is C17H16N2O5S. The molecule has 3 aromatic rings. The molecule has 1 aromatic carbocycles. The predicted octanol–water partition coefficient (Wildman–Crippen LogP) is 2.89. The zero-order chi connectivity index (χ0) is 17.8. The summed E-state index contributed by atoms with van der Waals surface area (Å²) < 4.78 is 14.9. The average Bonchev–Trinajstić information content (AvgIpc) is 3.29. The number of methoxy groups -OCH3 is 1. The maximum atomic E-state index is 12.7. The first-order valence-electron chi connectivity index (χ1n) is 7.65. The highest BCUT2D eigenvalue weighted by atomic mass is 32.1. The van der Waals surface area contributed by atoms with Gasteiger partial charge in [-0.3, -0.25) is 9.59 Å². The van der Waals surface area contributed by atoms with E-state index in [9.17, 15) is 9.59 Å². The fraction of sp³-hybridized carbons (Fsp3) is 0.294. The van der Waals surface area contributed by atoms with Gasteiger partial charge in [-0.25, -0.2) is 4.63 Å². The van der Waals surface area contributed by atoms with Crippen molar-refractivity contribution < 1.29 is 23.7 Å². The van der Waals surface area contributed by atoms with Crippen molar-refractivity contribution in [2.45, 2.75) is 18.8 Å². The molecule has 0 fully saturated rings. The largest absolute Gasteiger partial charge is 0.468 e. The van der Waals surface area contributed by atoms with Crippen LogP contribution in [0.5, 0.6) is 0 Å². The molecule has 130 valence electrons. The molecule has 0 aliphatic rings. The van der Waals surface area contributed by atoms with E-state index in [0.717, 1.165) is 4.88 Å². The van der Waals surface area contributed by atoms with Gasteiger partial charge in [0.2, 0.25) is 0 Å². The molecule has 2 atom stereocenters. The van der Waals surface area contributed by atoms with E-state index < -0.39 is 23.8 Å². The summed E-state index contributed by atoms with van der Waals surface area (Å²) in [5.74, 6) is -2.66. The maximum absolute atomic E-state index is 12.7. The second kappa shape index (κ2) is 7.43. The first-order chi connectivity index (χ1) is 12.2. The normalized spacial score (nSPS) is 13.4. The first kappa shape index (κ1) is 17.1. The summed E-state index contributed by atoms with van der Waals surface area (Å²) in [7, 11) is 1.30. The Balaban J connectivity index is 2.11. The lowest BCUT2D eigenvalue weighted by atomic mass is 9.84. The summed E-state index contributed by atoms with van der Waals surface area (Å²) >= 11 is 1.38. The lowest BCUT2D eigenvalue weighted by molar-refractivity contribution is -0.152. The number of ether oxygens (including phenoxy) is 2. The number of rotatable bonds is 6. The van der Waals surface area contributed by atoms with Gasteiger partial charge in [0.05, 0.1) is 13.7 Å². The first-order valence-corrected chi connectivity index (χ1v) is 8.53. The summed E-state index contributed by atoms with van der Waals surface area (Å²) in [4.78, 5) is 25.9. The van der Waals surface area contributed by atoms with Gasteiger partial charge in [-0.1, -0.05) is 12.1 Å². The number of aromatic nitrogens is 2. The van der Waals surface area contributed by atoms with Crippen LogP contribution in [0.4, 0.5) is 0 Å². The van der Waals surface area contributed by atoms with Crippen LogP contribution in [-0.2, 0) is 19.1 Å². The minimum absolute atomic E-state index is 0.210. The smallest absolute Gasteiger partial charge is 0.315 e. The minimum Gasteiger partial charge on any atom is -0.468 e. The molecule has 0 N–H and O–H groups in total. The van der Waals surface area contributed by atoms with Gasteiger partial charge in [0.15, 0.2) is 0 Å². The molecule has 2 unspecified atom stereocenters. The Morgan fingerprint density at radius 3 is 2.64 bits per heavy atom. The fourth-order valence-electron chi connectivity index (χ4n) is 2.70. The van der Waals surface area contributed by atoms with Crippen molar-refractivity contribution in [3.05, 3.63) is 46.2 Å². The number of carbonyl (C=O) groups is 2. The van der Waals surface area contributed by atoms with E-state index >= 15 is 0 Å². The van der Waals surface area contributed by atoms with Crippen molar-refractivity contribution in [1.29, 1.82) is 0 Å². The Morgan fingerprint density at radius 1 is 1.16 bits per heavy atom. The van der Waals surface area contributed by atoms with Gasteiger partial charge < -0.3 is 9.47 Å². The molecule has 0 amide bonds. The third-order valence-electron chi connectivity index (χ3n) is 3.82. The van der Waals surface area contributed by atoms with Crippen LogP contribution in [0, 0.1) is 0 Å². The Kier molecular flexibility index (Phi) is 5.08. The van der Waals surface area contributed by atoms with Crippen LogP contribution in [0.3, 0.4) is 0 Å². The molecule has 3 rings (SSSR count). The molecule has 0 spiro atoms. The van der Waals surface area contributed by atoms with Gasteiger partial charge in [0.1, 0.15) is 22.9 Å². The van der Waals surface area contributed by atoms with Crippen LogP contribution in [0.1, 0.15) is 29.2 Å². The highest BCUT2D eigenvalue weighted by Gasteiger charge is 2.39. The van der Waals surface area contributed by atoms with Gasteiger partial charge in [-0.05, 0) is 46.4 Å². The molecular weight excluding hydrogens is 344 g/mol. The number of fused-ring (bicyclic) bond motifs is 1. The topological polar surface area (TPSA) is 91.5 Å². The number of hydrogen-bond acceptors (Lipinski definition) is 8. The van der Waals surface area contributed by atoms with Gasteiger partial charge in [0.25, 0.3) is 0 Å². The highest BCUT2D eigenvalue weighted by Crippen LogP contribution is 2.38. The SMILES string of the molecule is CCOC(=O)C(c1ccc2nonc2c1)C(C(=O)OC)c1cccs1. The van der Waals surface area contributed by atoms with Gasteiger partial charge in [-0.15, -0.1) is 11.3 Å². The third-order valence-corrected chi connectivity index (χ3v) is 4.77. The molecule has 0 bridgehead atoms. The number of esters is 2. The monoisotopic (exact) mass is 360 g/mol. The zero-order valence-corrected chi connectivity index (χ0v) is 14.5. The van der Waals surface area contributed by atoms with Crippen molar-refractivity contribution in [3.8, 4) is 0 Å². The summed E-state index contributed by atoms with van der Waals surface area (Å²) in [6, 6.07) is 8.71. The molecule has 2 heterocycles.